The second kappa shape index (κ2) is 6.84. The predicted octanol–water partition coefficient (Wildman–Crippen LogP) is 3.26. The first-order valence-corrected chi connectivity index (χ1v) is 9.98. The third kappa shape index (κ3) is 2.97. The molecule has 1 atom stereocenters. The minimum absolute atomic E-state index is 0.0150. The van der Waals surface area contributed by atoms with Crippen molar-refractivity contribution >= 4 is 23.2 Å². The Morgan fingerprint density at radius 3 is 2.62 bits per heavy atom. The van der Waals surface area contributed by atoms with Crippen molar-refractivity contribution in [3.63, 3.8) is 0 Å². The van der Waals surface area contributed by atoms with E-state index >= 15 is 0 Å². The molecule has 0 saturated carbocycles. The van der Waals surface area contributed by atoms with Crippen LogP contribution in [-0.2, 0) is 21.5 Å². The molecule has 3 aliphatic rings. The van der Waals surface area contributed by atoms with Crippen LogP contribution < -0.4 is 10.6 Å². The van der Waals surface area contributed by atoms with Crippen LogP contribution in [0.15, 0.2) is 42.5 Å². The van der Waals surface area contributed by atoms with Gasteiger partial charge in [-0.3, -0.25) is 15.1 Å². The summed E-state index contributed by atoms with van der Waals surface area (Å²) in [4.78, 5) is 14.6. The highest BCUT2D eigenvalue weighted by molar-refractivity contribution is 6.00. The van der Waals surface area contributed by atoms with Crippen molar-refractivity contribution in [1.82, 2.24) is 10.2 Å². The van der Waals surface area contributed by atoms with Crippen LogP contribution in [0.5, 0.6) is 0 Å². The van der Waals surface area contributed by atoms with E-state index in [1.807, 2.05) is 18.2 Å². The Kier molecular flexibility index (Phi) is 4.28. The number of nitrogens with zero attached hydrogens (tertiary/aromatic N) is 1. The number of hydrogen-bond donors (Lipinski definition) is 3. The molecule has 2 saturated heterocycles. The van der Waals surface area contributed by atoms with Crippen molar-refractivity contribution in [3.8, 4) is 0 Å². The number of rotatable bonds is 3. The standard InChI is InChI=1S/C22H23FN4O2/c23-17-5-1-2-6-19(17)25-18-7-3-4-16-15(18)12-22(16)13-20(28)27(21(24)26-22)14-8-10-29-11-9-14/h1-7,14,25H,8-13H2,(H2,24,26)/t22-/m0/s1. The van der Waals surface area contributed by atoms with Crippen LogP contribution in [0.2, 0.25) is 0 Å². The van der Waals surface area contributed by atoms with Crippen molar-refractivity contribution in [2.75, 3.05) is 18.5 Å². The predicted molar refractivity (Wildman–Crippen MR) is 108 cm³/mol. The highest BCUT2D eigenvalue weighted by Gasteiger charge is 2.51. The summed E-state index contributed by atoms with van der Waals surface area (Å²) in [5.74, 6) is -0.149. The number of anilines is 2. The lowest BCUT2D eigenvalue weighted by atomic mass is 9.67. The zero-order chi connectivity index (χ0) is 20.0. The number of benzene rings is 2. The summed E-state index contributed by atoms with van der Waals surface area (Å²) >= 11 is 0. The summed E-state index contributed by atoms with van der Waals surface area (Å²) in [5, 5.41) is 15.0. The summed E-state index contributed by atoms with van der Waals surface area (Å²) in [5.41, 5.74) is 2.78. The van der Waals surface area contributed by atoms with Crippen LogP contribution in [0.3, 0.4) is 0 Å². The van der Waals surface area contributed by atoms with Gasteiger partial charge in [-0.2, -0.15) is 0 Å². The number of amides is 1. The van der Waals surface area contributed by atoms with Gasteiger partial charge in [0.2, 0.25) is 5.91 Å². The molecule has 2 heterocycles. The minimum atomic E-state index is -0.544. The first-order chi connectivity index (χ1) is 14.1. The Hall–Kier alpha value is -2.93. The molecule has 29 heavy (non-hydrogen) atoms. The van der Waals surface area contributed by atoms with Crippen LogP contribution in [0.1, 0.15) is 30.4 Å². The largest absolute Gasteiger partial charge is 0.381 e. The lowest BCUT2D eigenvalue weighted by Gasteiger charge is -2.51. The fourth-order valence-electron chi connectivity index (χ4n) is 4.74. The molecular formula is C22H23FN4O2. The quantitative estimate of drug-likeness (QED) is 0.747. The van der Waals surface area contributed by atoms with Crippen LogP contribution in [-0.4, -0.2) is 36.0 Å². The summed E-state index contributed by atoms with van der Waals surface area (Å²) in [6, 6.07) is 12.4. The second-order valence-electron chi connectivity index (χ2n) is 7.95. The molecule has 2 fully saturated rings. The van der Waals surface area contributed by atoms with Gasteiger partial charge in [0.25, 0.3) is 0 Å². The molecule has 1 spiro atoms. The number of guanidine groups is 1. The van der Waals surface area contributed by atoms with E-state index in [4.69, 9.17) is 10.1 Å². The molecule has 0 bridgehead atoms. The number of para-hydroxylation sites is 1. The SMILES string of the molecule is N=C1N[C@]2(CC(=O)N1C1CCOCC1)Cc1c(Nc3ccccc3F)cccc12. The van der Waals surface area contributed by atoms with Gasteiger partial charge in [-0.25, -0.2) is 4.39 Å². The summed E-state index contributed by atoms with van der Waals surface area (Å²) in [7, 11) is 0. The molecule has 7 heteroatoms. The van der Waals surface area contributed by atoms with Crippen molar-refractivity contribution in [2.45, 2.75) is 37.3 Å². The van der Waals surface area contributed by atoms with Gasteiger partial charge < -0.3 is 15.4 Å². The molecule has 1 amide bonds. The summed E-state index contributed by atoms with van der Waals surface area (Å²) < 4.78 is 19.4. The number of ether oxygens (including phenoxy) is 1. The molecule has 0 aromatic heterocycles. The monoisotopic (exact) mass is 394 g/mol. The van der Waals surface area contributed by atoms with Gasteiger partial charge in [-0.15, -0.1) is 0 Å². The van der Waals surface area contributed by atoms with Crippen molar-refractivity contribution in [2.24, 2.45) is 0 Å². The number of hydrogen-bond acceptors (Lipinski definition) is 4. The van der Waals surface area contributed by atoms with Crippen molar-refractivity contribution in [3.05, 3.63) is 59.4 Å². The number of nitrogens with one attached hydrogen (secondary N) is 3. The maximum Gasteiger partial charge on any atom is 0.232 e. The molecule has 150 valence electrons. The number of halogens is 1. The molecule has 0 radical (unpaired) electrons. The lowest BCUT2D eigenvalue weighted by Crippen LogP contribution is -2.66. The van der Waals surface area contributed by atoms with Gasteiger partial charge >= 0.3 is 0 Å². The zero-order valence-corrected chi connectivity index (χ0v) is 16.0. The third-order valence-electron chi connectivity index (χ3n) is 6.19. The molecule has 2 aromatic rings. The molecule has 0 unspecified atom stereocenters. The number of fused-ring (bicyclic) bond motifs is 2. The molecule has 5 rings (SSSR count). The Labute approximate surface area is 168 Å². The molecule has 2 aliphatic heterocycles. The Balaban J connectivity index is 1.39. The van der Waals surface area contributed by atoms with Crippen LogP contribution in [0.4, 0.5) is 15.8 Å². The van der Waals surface area contributed by atoms with Crippen molar-refractivity contribution in [1.29, 1.82) is 5.41 Å². The van der Waals surface area contributed by atoms with Gasteiger partial charge in [-0.1, -0.05) is 24.3 Å². The second-order valence-corrected chi connectivity index (χ2v) is 7.95. The topological polar surface area (TPSA) is 77.5 Å². The third-order valence-corrected chi connectivity index (χ3v) is 6.19. The van der Waals surface area contributed by atoms with Crippen LogP contribution in [0, 0.1) is 11.2 Å². The maximum atomic E-state index is 14.0. The average Bonchev–Trinajstić information content (AvgIpc) is 2.70. The molecule has 1 aliphatic carbocycles. The van der Waals surface area contributed by atoms with E-state index in [-0.39, 0.29) is 23.7 Å². The van der Waals surface area contributed by atoms with Crippen LogP contribution in [0.25, 0.3) is 0 Å². The fraction of sp³-hybridized carbons (Fsp3) is 0.364. The highest BCUT2D eigenvalue weighted by Crippen LogP contribution is 2.47. The van der Waals surface area contributed by atoms with E-state index in [0.29, 0.717) is 31.7 Å². The zero-order valence-electron chi connectivity index (χ0n) is 16.0. The summed E-state index contributed by atoms with van der Waals surface area (Å²) in [6.07, 6.45) is 2.46. The first kappa shape index (κ1) is 18.1. The van der Waals surface area contributed by atoms with Gasteiger partial charge in [0, 0.05) is 31.4 Å². The van der Waals surface area contributed by atoms with E-state index in [0.717, 1.165) is 29.7 Å². The molecular weight excluding hydrogens is 371 g/mol. The van der Waals surface area contributed by atoms with Gasteiger partial charge in [-0.05, 0) is 42.2 Å². The molecule has 6 nitrogen and oxygen atoms in total. The smallest absolute Gasteiger partial charge is 0.232 e. The number of carbonyl (C=O) groups excluding carboxylic acids is 1. The van der Waals surface area contributed by atoms with Crippen molar-refractivity contribution < 1.29 is 13.9 Å². The lowest BCUT2D eigenvalue weighted by molar-refractivity contribution is -0.134. The van der Waals surface area contributed by atoms with E-state index < -0.39 is 5.54 Å². The van der Waals surface area contributed by atoms with E-state index in [9.17, 15) is 9.18 Å². The molecule has 2 aromatic carbocycles. The maximum absolute atomic E-state index is 14.0. The van der Waals surface area contributed by atoms with Crippen LogP contribution >= 0.6 is 0 Å². The number of carbonyl (C=O) groups is 1. The first-order valence-electron chi connectivity index (χ1n) is 9.98. The van der Waals surface area contributed by atoms with Gasteiger partial charge in [0.1, 0.15) is 5.82 Å². The highest BCUT2D eigenvalue weighted by atomic mass is 19.1. The Bertz CT molecular complexity index is 969. The van der Waals surface area contributed by atoms with E-state index in [2.05, 4.69) is 10.6 Å². The normalized spacial score (nSPS) is 24.1. The Morgan fingerprint density at radius 2 is 1.86 bits per heavy atom. The average molecular weight is 394 g/mol. The fourth-order valence-corrected chi connectivity index (χ4v) is 4.74. The molecule has 3 N–H and O–H groups in total. The van der Waals surface area contributed by atoms with E-state index in [1.165, 1.54) is 6.07 Å². The van der Waals surface area contributed by atoms with E-state index in [1.54, 1.807) is 23.1 Å². The van der Waals surface area contributed by atoms with Gasteiger partial charge in [0.15, 0.2) is 5.96 Å². The van der Waals surface area contributed by atoms with Gasteiger partial charge in [0.05, 0.1) is 17.6 Å². The summed E-state index contributed by atoms with van der Waals surface area (Å²) in [6.45, 7) is 1.25. The Morgan fingerprint density at radius 1 is 1.10 bits per heavy atom. The minimum Gasteiger partial charge on any atom is -0.381 e.